The Morgan fingerprint density at radius 1 is 1.20 bits per heavy atom. The van der Waals surface area contributed by atoms with Gasteiger partial charge in [0.1, 0.15) is 5.60 Å². The predicted molar refractivity (Wildman–Crippen MR) is 72.5 cm³/mol. The smallest absolute Gasteiger partial charge is 0.231 e. The second kappa shape index (κ2) is 4.02. The third-order valence-electron chi connectivity index (χ3n) is 4.47. The molecule has 3 aliphatic rings. The van der Waals surface area contributed by atoms with Crippen LogP contribution in [0.3, 0.4) is 0 Å². The molecule has 108 valence electrons. The first-order valence-electron chi connectivity index (χ1n) is 6.98. The Labute approximate surface area is 118 Å². The maximum atomic E-state index is 5.74. The van der Waals surface area contributed by atoms with Crippen molar-refractivity contribution in [2.75, 3.05) is 34.1 Å². The zero-order chi connectivity index (χ0) is 13.9. The fraction of sp³-hybridized carbons (Fsp3) is 0.600. The van der Waals surface area contributed by atoms with Crippen molar-refractivity contribution < 1.29 is 18.9 Å². The van der Waals surface area contributed by atoms with E-state index < -0.39 is 0 Å². The normalized spacial score (nSPS) is 27.4. The van der Waals surface area contributed by atoms with Crippen LogP contribution in [0.1, 0.15) is 23.6 Å². The fourth-order valence-electron chi connectivity index (χ4n) is 3.32. The van der Waals surface area contributed by atoms with Gasteiger partial charge in [0.15, 0.2) is 11.5 Å². The van der Waals surface area contributed by atoms with Gasteiger partial charge < -0.3 is 23.8 Å². The second-order valence-electron chi connectivity index (χ2n) is 5.94. The first-order valence-corrected chi connectivity index (χ1v) is 6.98. The zero-order valence-corrected chi connectivity index (χ0v) is 12.1. The lowest BCUT2D eigenvalue weighted by molar-refractivity contribution is 0.169. The summed E-state index contributed by atoms with van der Waals surface area (Å²) in [7, 11) is 3.82. The van der Waals surface area contributed by atoms with Crippen LogP contribution in [0, 0.1) is 0 Å². The van der Waals surface area contributed by atoms with Gasteiger partial charge in [-0.1, -0.05) is 0 Å². The van der Waals surface area contributed by atoms with Crippen molar-refractivity contribution in [3.05, 3.63) is 16.7 Å². The van der Waals surface area contributed by atoms with Crippen LogP contribution in [-0.4, -0.2) is 39.0 Å². The Morgan fingerprint density at radius 3 is 2.65 bits per heavy atom. The first kappa shape index (κ1) is 12.3. The summed E-state index contributed by atoms with van der Waals surface area (Å²) in [5.41, 5.74) is 3.50. The Kier molecular flexibility index (Phi) is 2.47. The number of methoxy groups -OCH3 is 1. The van der Waals surface area contributed by atoms with Gasteiger partial charge in [-0.15, -0.1) is 0 Å². The average molecular weight is 277 g/mol. The SMILES string of the molecule is COc1c2c(c([C@]3(C)CO3)c3c1OCO3)CCN(C)C2. The van der Waals surface area contributed by atoms with Crippen molar-refractivity contribution >= 4 is 0 Å². The third kappa shape index (κ3) is 1.56. The number of epoxide rings is 1. The molecule has 0 saturated carbocycles. The van der Waals surface area contributed by atoms with E-state index in [1.165, 1.54) is 16.7 Å². The zero-order valence-electron chi connectivity index (χ0n) is 12.1. The minimum atomic E-state index is -0.218. The molecule has 0 bridgehead atoms. The van der Waals surface area contributed by atoms with Crippen molar-refractivity contribution in [1.29, 1.82) is 0 Å². The molecule has 0 spiro atoms. The summed E-state index contributed by atoms with van der Waals surface area (Å²) in [5, 5.41) is 0. The molecule has 0 N–H and O–H groups in total. The van der Waals surface area contributed by atoms with Crippen molar-refractivity contribution in [2.24, 2.45) is 0 Å². The van der Waals surface area contributed by atoms with E-state index in [1.807, 2.05) is 0 Å². The van der Waals surface area contributed by atoms with Crippen LogP contribution < -0.4 is 14.2 Å². The quantitative estimate of drug-likeness (QED) is 0.769. The van der Waals surface area contributed by atoms with Crippen LogP contribution in [0.5, 0.6) is 17.2 Å². The largest absolute Gasteiger partial charge is 0.492 e. The minimum Gasteiger partial charge on any atom is -0.492 e. The summed E-state index contributed by atoms with van der Waals surface area (Å²) in [5.74, 6) is 2.39. The summed E-state index contributed by atoms with van der Waals surface area (Å²) in [6.45, 7) is 5.04. The number of likely N-dealkylation sites (N-methyl/N-ethyl adjacent to an activating group) is 1. The van der Waals surface area contributed by atoms with E-state index in [0.717, 1.165) is 43.4 Å². The topological polar surface area (TPSA) is 43.5 Å². The van der Waals surface area contributed by atoms with Gasteiger partial charge in [-0.2, -0.15) is 0 Å². The van der Waals surface area contributed by atoms with Gasteiger partial charge in [0.05, 0.1) is 13.7 Å². The molecule has 3 aliphatic heterocycles. The van der Waals surface area contributed by atoms with Crippen LogP contribution >= 0.6 is 0 Å². The molecule has 0 unspecified atom stereocenters. The highest BCUT2D eigenvalue weighted by Crippen LogP contribution is 2.56. The monoisotopic (exact) mass is 277 g/mol. The van der Waals surface area contributed by atoms with Gasteiger partial charge in [-0.3, -0.25) is 0 Å². The van der Waals surface area contributed by atoms with Gasteiger partial charge >= 0.3 is 0 Å². The van der Waals surface area contributed by atoms with Gasteiger partial charge in [0.2, 0.25) is 12.5 Å². The summed E-state index contributed by atoms with van der Waals surface area (Å²) >= 11 is 0. The average Bonchev–Trinajstić information content (AvgIpc) is 2.99. The van der Waals surface area contributed by atoms with E-state index in [9.17, 15) is 0 Å². The van der Waals surface area contributed by atoms with Crippen molar-refractivity contribution in [2.45, 2.75) is 25.5 Å². The molecule has 0 radical (unpaired) electrons. The standard InChI is InChI=1S/C15H19NO4/c1-15(7-20-15)11-9-4-5-16(2)6-10(9)12(17-3)14-13(11)18-8-19-14/h4-8H2,1-3H3/t15-/m0/s1. The van der Waals surface area contributed by atoms with E-state index in [-0.39, 0.29) is 12.4 Å². The molecule has 0 amide bonds. The Morgan fingerprint density at radius 2 is 1.95 bits per heavy atom. The molecule has 0 aromatic heterocycles. The summed E-state index contributed by atoms with van der Waals surface area (Å²) in [6.07, 6.45) is 0.993. The van der Waals surface area contributed by atoms with E-state index in [0.29, 0.717) is 0 Å². The van der Waals surface area contributed by atoms with Gasteiger partial charge in [-0.05, 0) is 26.0 Å². The molecule has 1 atom stereocenters. The number of hydrogen-bond donors (Lipinski definition) is 0. The van der Waals surface area contributed by atoms with Crippen LogP contribution in [0.25, 0.3) is 0 Å². The van der Waals surface area contributed by atoms with Crippen LogP contribution in [0.4, 0.5) is 0 Å². The molecule has 1 fully saturated rings. The highest BCUT2D eigenvalue weighted by atomic mass is 16.7. The number of fused-ring (bicyclic) bond motifs is 2. The Balaban J connectivity index is 2.00. The maximum absolute atomic E-state index is 5.74. The predicted octanol–water partition coefficient (Wildman–Crippen LogP) is 1.66. The lowest BCUT2D eigenvalue weighted by atomic mass is 9.86. The third-order valence-corrected chi connectivity index (χ3v) is 4.47. The van der Waals surface area contributed by atoms with Crippen molar-refractivity contribution in [1.82, 2.24) is 4.90 Å². The highest BCUT2D eigenvalue weighted by molar-refractivity contribution is 5.67. The summed E-state index contributed by atoms with van der Waals surface area (Å²) in [6, 6.07) is 0. The minimum absolute atomic E-state index is 0.218. The van der Waals surface area contributed by atoms with E-state index in [1.54, 1.807) is 7.11 Å². The number of nitrogens with zero attached hydrogens (tertiary/aromatic N) is 1. The lowest BCUT2D eigenvalue weighted by Crippen LogP contribution is -2.29. The molecule has 1 aromatic carbocycles. The van der Waals surface area contributed by atoms with Crippen molar-refractivity contribution in [3.8, 4) is 17.2 Å². The fourth-order valence-corrected chi connectivity index (χ4v) is 3.32. The molecule has 5 nitrogen and oxygen atoms in total. The Hall–Kier alpha value is -1.46. The second-order valence-corrected chi connectivity index (χ2v) is 5.94. The van der Waals surface area contributed by atoms with Crippen LogP contribution in [0.2, 0.25) is 0 Å². The molecule has 1 aromatic rings. The number of hydrogen-bond acceptors (Lipinski definition) is 5. The molecule has 0 aliphatic carbocycles. The Bertz CT molecular complexity index is 580. The van der Waals surface area contributed by atoms with Crippen LogP contribution in [-0.2, 0) is 23.3 Å². The first-order chi connectivity index (χ1) is 9.64. The molecular weight excluding hydrogens is 258 g/mol. The molecule has 5 heteroatoms. The molecule has 1 saturated heterocycles. The molecule has 3 heterocycles. The summed E-state index contributed by atoms with van der Waals surface area (Å²) in [4.78, 5) is 2.30. The van der Waals surface area contributed by atoms with E-state index in [2.05, 4.69) is 18.9 Å². The molecule has 4 rings (SSSR count). The highest BCUT2D eigenvalue weighted by Gasteiger charge is 2.49. The van der Waals surface area contributed by atoms with Gasteiger partial charge in [0, 0.05) is 24.2 Å². The summed E-state index contributed by atoms with van der Waals surface area (Å²) < 4.78 is 22.7. The molecule has 20 heavy (non-hydrogen) atoms. The van der Waals surface area contributed by atoms with Gasteiger partial charge in [-0.25, -0.2) is 0 Å². The van der Waals surface area contributed by atoms with E-state index in [4.69, 9.17) is 18.9 Å². The molecular formula is C15H19NO4. The maximum Gasteiger partial charge on any atom is 0.231 e. The van der Waals surface area contributed by atoms with E-state index >= 15 is 0 Å². The van der Waals surface area contributed by atoms with Crippen molar-refractivity contribution in [3.63, 3.8) is 0 Å². The number of ether oxygens (including phenoxy) is 4. The number of rotatable bonds is 2. The number of benzene rings is 1. The lowest BCUT2D eigenvalue weighted by Gasteiger charge is -2.30. The van der Waals surface area contributed by atoms with Crippen LogP contribution in [0.15, 0.2) is 0 Å². The van der Waals surface area contributed by atoms with Gasteiger partial charge in [0.25, 0.3) is 0 Å².